The number of carbonyl (C=O) groups is 2. The van der Waals surface area contributed by atoms with Crippen molar-refractivity contribution >= 4 is 23.1 Å². The largest absolute Gasteiger partial charge is 0.507 e. The van der Waals surface area contributed by atoms with Crippen LogP contribution in [-0.2, 0) is 15.0 Å². The van der Waals surface area contributed by atoms with Crippen LogP contribution in [0.2, 0.25) is 0 Å². The molecule has 6 heteroatoms. The summed E-state index contributed by atoms with van der Waals surface area (Å²) in [5.74, 6) is -0.362. The van der Waals surface area contributed by atoms with Gasteiger partial charge >= 0.3 is 0 Å². The molecule has 1 heterocycles. The molecule has 0 aliphatic carbocycles. The zero-order valence-corrected chi connectivity index (χ0v) is 22.9. The molecule has 0 aromatic heterocycles. The highest BCUT2D eigenvalue weighted by molar-refractivity contribution is 6.51. The van der Waals surface area contributed by atoms with E-state index in [0.29, 0.717) is 36.0 Å². The van der Waals surface area contributed by atoms with E-state index >= 15 is 0 Å². The van der Waals surface area contributed by atoms with Gasteiger partial charge in [-0.15, -0.1) is 0 Å². The number of benzene rings is 3. The number of aliphatic hydroxyl groups excluding tert-OH is 1. The Balaban J connectivity index is 1.90. The lowest BCUT2D eigenvalue weighted by molar-refractivity contribution is -0.132. The monoisotopic (exact) mass is 513 g/mol. The van der Waals surface area contributed by atoms with Gasteiger partial charge in [0.2, 0.25) is 0 Å². The average molecular weight is 514 g/mol. The van der Waals surface area contributed by atoms with E-state index in [1.54, 1.807) is 42.5 Å². The van der Waals surface area contributed by atoms with Crippen LogP contribution < -0.4 is 14.4 Å². The van der Waals surface area contributed by atoms with E-state index in [4.69, 9.17) is 9.47 Å². The quantitative estimate of drug-likeness (QED) is 0.216. The van der Waals surface area contributed by atoms with Crippen molar-refractivity contribution < 1.29 is 24.2 Å². The summed E-state index contributed by atoms with van der Waals surface area (Å²) in [5, 5.41) is 11.5. The summed E-state index contributed by atoms with van der Waals surface area (Å²) < 4.78 is 11.3. The van der Waals surface area contributed by atoms with Crippen LogP contribution in [0.1, 0.15) is 62.9 Å². The zero-order chi connectivity index (χ0) is 27.6. The van der Waals surface area contributed by atoms with E-state index in [9.17, 15) is 14.7 Å². The van der Waals surface area contributed by atoms with Crippen LogP contribution in [0.5, 0.6) is 11.5 Å². The molecule has 198 valence electrons. The topological polar surface area (TPSA) is 76.1 Å². The summed E-state index contributed by atoms with van der Waals surface area (Å²) >= 11 is 0. The molecule has 1 atom stereocenters. The molecule has 3 aromatic rings. The molecule has 38 heavy (non-hydrogen) atoms. The molecule has 1 N–H and O–H groups in total. The molecule has 1 fully saturated rings. The fraction of sp³-hybridized carbons (Fsp3) is 0.312. The van der Waals surface area contributed by atoms with Crippen LogP contribution in [-0.4, -0.2) is 30.0 Å². The van der Waals surface area contributed by atoms with Gasteiger partial charge in [-0.25, -0.2) is 0 Å². The predicted octanol–water partition coefficient (Wildman–Crippen LogP) is 6.72. The molecule has 0 bridgehead atoms. The van der Waals surface area contributed by atoms with Crippen molar-refractivity contribution in [2.75, 3.05) is 18.1 Å². The molecule has 1 aliphatic rings. The van der Waals surface area contributed by atoms with Crippen molar-refractivity contribution in [3.05, 3.63) is 94.6 Å². The van der Waals surface area contributed by atoms with Gasteiger partial charge in [-0.3, -0.25) is 14.5 Å². The number of amides is 1. The van der Waals surface area contributed by atoms with Gasteiger partial charge in [0.15, 0.2) is 0 Å². The first-order valence-electron chi connectivity index (χ1n) is 12.9. The first-order chi connectivity index (χ1) is 18.1. The van der Waals surface area contributed by atoms with Crippen LogP contribution in [0.3, 0.4) is 0 Å². The van der Waals surface area contributed by atoms with E-state index in [2.05, 4.69) is 20.8 Å². The highest BCUT2D eigenvalue weighted by atomic mass is 16.5. The van der Waals surface area contributed by atoms with Crippen molar-refractivity contribution in [1.82, 2.24) is 0 Å². The zero-order valence-electron chi connectivity index (χ0n) is 22.9. The number of anilines is 1. The Morgan fingerprint density at radius 1 is 0.921 bits per heavy atom. The van der Waals surface area contributed by atoms with Crippen LogP contribution in [0.4, 0.5) is 5.69 Å². The molecule has 0 radical (unpaired) electrons. The van der Waals surface area contributed by atoms with E-state index in [1.807, 2.05) is 45.0 Å². The third-order valence-electron chi connectivity index (χ3n) is 6.69. The summed E-state index contributed by atoms with van der Waals surface area (Å²) in [6.07, 6.45) is 0. The summed E-state index contributed by atoms with van der Waals surface area (Å²) in [6, 6.07) is 19.4. The number of rotatable bonds is 7. The lowest BCUT2D eigenvalue weighted by Crippen LogP contribution is -2.29. The Morgan fingerprint density at radius 2 is 1.61 bits per heavy atom. The van der Waals surface area contributed by atoms with E-state index in [1.165, 1.54) is 4.90 Å². The molecule has 1 saturated heterocycles. The van der Waals surface area contributed by atoms with Crippen molar-refractivity contribution in [2.45, 2.75) is 53.0 Å². The molecule has 6 nitrogen and oxygen atoms in total. The number of aliphatic hydroxyl groups is 1. The van der Waals surface area contributed by atoms with Gasteiger partial charge in [0.05, 0.1) is 24.8 Å². The van der Waals surface area contributed by atoms with Crippen LogP contribution in [0, 0.1) is 6.92 Å². The smallest absolute Gasteiger partial charge is 0.300 e. The second-order valence-electron chi connectivity index (χ2n) is 10.4. The Kier molecular flexibility index (Phi) is 7.63. The molecule has 1 unspecified atom stereocenters. The van der Waals surface area contributed by atoms with Crippen molar-refractivity contribution in [1.29, 1.82) is 0 Å². The molecular weight excluding hydrogens is 478 g/mol. The minimum atomic E-state index is -0.812. The Morgan fingerprint density at radius 3 is 2.21 bits per heavy atom. The van der Waals surface area contributed by atoms with Crippen LogP contribution in [0.25, 0.3) is 5.76 Å². The highest BCUT2D eigenvalue weighted by Gasteiger charge is 2.47. The summed E-state index contributed by atoms with van der Waals surface area (Å²) in [7, 11) is 0. The third-order valence-corrected chi connectivity index (χ3v) is 6.69. The molecular formula is C32H35NO5. The minimum Gasteiger partial charge on any atom is -0.507 e. The standard InChI is InChI=1S/C32H35NO5/c1-7-37-25-11-9-10-24(19-25)33-28(21-12-15-23(16-13-21)32(4,5)6)27(30(35)31(33)36)29(34)22-14-17-26(38-8-2)20(3)18-22/h9-19,28,34H,7-8H2,1-6H3/b29-27+. The first kappa shape index (κ1) is 27.0. The number of carbonyl (C=O) groups excluding carboxylic acids is 2. The van der Waals surface area contributed by atoms with Gasteiger partial charge in [-0.2, -0.15) is 0 Å². The number of hydrogen-bond acceptors (Lipinski definition) is 5. The number of Topliss-reactive ketones (excluding diaryl/α,β-unsaturated/α-hetero) is 1. The summed E-state index contributed by atoms with van der Waals surface area (Å²) in [4.78, 5) is 28.5. The second kappa shape index (κ2) is 10.7. The molecule has 3 aromatic carbocycles. The van der Waals surface area contributed by atoms with Gasteiger partial charge in [-0.1, -0.05) is 51.1 Å². The average Bonchev–Trinajstić information content (AvgIpc) is 3.15. The lowest BCUT2D eigenvalue weighted by Gasteiger charge is -2.27. The number of hydrogen-bond donors (Lipinski definition) is 1. The van der Waals surface area contributed by atoms with E-state index < -0.39 is 17.7 Å². The van der Waals surface area contributed by atoms with Crippen molar-refractivity contribution in [3.8, 4) is 11.5 Å². The van der Waals surface area contributed by atoms with Gasteiger partial charge in [0, 0.05) is 17.3 Å². The van der Waals surface area contributed by atoms with Crippen molar-refractivity contribution in [2.24, 2.45) is 0 Å². The number of ether oxygens (including phenoxy) is 2. The SMILES string of the molecule is CCOc1cccc(N2C(=O)C(=O)/C(=C(/O)c3ccc(OCC)c(C)c3)C2c2ccc(C(C)(C)C)cc2)c1. The maximum absolute atomic E-state index is 13.5. The predicted molar refractivity (Wildman–Crippen MR) is 150 cm³/mol. The van der Waals surface area contributed by atoms with Gasteiger partial charge in [0.1, 0.15) is 17.3 Å². The number of nitrogens with zero attached hydrogens (tertiary/aromatic N) is 1. The minimum absolute atomic E-state index is 0.0453. The summed E-state index contributed by atoms with van der Waals surface area (Å²) in [6.45, 7) is 13.0. The molecule has 0 spiro atoms. The molecule has 0 saturated carbocycles. The molecule has 4 rings (SSSR count). The van der Waals surface area contributed by atoms with Crippen molar-refractivity contribution in [3.63, 3.8) is 0 Å². The Bertz CT molecular complexity index is 1380. The normalized spacial score (nSPS) is 17.1. The Labute approximate surface area is 224 Å². The van der Waals surface area contributed by atoms with E-state index in [-0.39, 0.29) is 16.7 Å². The van der Waals surface area contributed by atoms with Gasteiger partial charge in [-0.05, 0) is 73.2 Å². The fourth-order valence-corrected chi connectivity index (χ4v) is 4.74. The molecule has 1 aliphatic heterocycles. The summed E-state index contributed by atoms with van der Waals surface area (Å²) in [5.41, 5.74) is 3.62. The van der Waals surface area contributed by atoms with E-state index in [0.717, 1.165) is 16.7 Å². The third kappa shape index (κ3) is 5.17. The highest BCUT2D eigenvalue weighted by Crippen LogP contribution is 2.43. The number of ketones is 1. The van der Waals surface area contributed by atoms with Gasteiger partial charge in [0.25, 0.3) is 11.7 Å². The maximum Gasteiger partial charge on any atom is 0.300 e. The van der Waals surface area contributed by atoms with Gasteiger partial charge < -0.3 is 14.6 Å². The maximum atomic E-state index is 13.5. The fourth-order valence-electron chi connectivity index (χ4n) is 4.74. The van der Waals surface area contributed by atoms with Crippen LogP contribution in [0.15, 0.2) is 72.3 Å². The Hall–Kier alpha value is -4.06. The molecule has 1 amide bonds. The first-order valence-corrected chi connectivity index (χ1v) is 12.9. The lowest BCUT2D eigenvalue weighted by atomic mass is 9.85. The number of aryl methyl sites for hydroxylation is 1. The van der Waals surface area contributed by atoms with Crippen LogP contribution >= 0.6 is 0 Å². The second-order valence-corrected chi connectivity index (χ2v) is 10.4.